The fourth-order valence-electron chi connectivity index (χ4n) is 0. The molecule has 0 saturated heterocycles. The summed E-state index contributed by atoms with van der Waals surface area (Å²) in [4.78, 5) is 0. The van der Waals surface area contributed by atoms with E-state index in [0.717, 1.165) is 0 Å². The van der Waals surface area contributed by atoms with Gasteiger partial charge < -0.3 is 0 Å². The van der Waals surface area contributed by atoms with Crippen molar-refractivity contribution in [2.75, 3.05) is 0 Å². The molecule has 0 fully saturated rings. The van der Waals surface area contributed by atoms with Crippen LogP contribution >= 0.6 is 11.9 Å². The topological polar surface area (TPSA) is 46.5 Å². The van der Waals surface area contributed by atoms with Gasteiger partial charge in [-0.1, -0.05) is 0 Å². The standard InChI is InChI=1S/Al.ClHO3S2.3H/c;1-4-6(2,3)5;;;/h;(H,2,3,5);;;. The molecule has 3 nitrogen and oxygen atoms in total. The first-order valence-electron chi connectivity index (χ1n) is 0.837. The molecule has 44 valence electrons. The highest BCUT2D eigenvalue weighted by Crippen LogP contribution is 1.87. The maximum Gasteiger partial charge on any atom is 0.282 e. The first-order valence-corrected chi connectivity index (χ1v) is 3.51. The van der Waals surface area contributed by atoms with Gasteiger partial charge in [-0.2, -0.15) is 7.94 Å². The van der Waals surface area contributed by atoms with Crippen LogP contribution in [0.1, 0.15) is 0 Å². The number of rotatable bonds is 1. The van der Waals surface area contributed by atoms with Crippen molar-refractivity contribution in [1.82, 2.24) is 0 Å². The summed E-state index contributed by atoms with van der Waals surface area (Å²) < 4.78 is 20.7. The van der Waals surface area contributed by atoms with Gasteiger partial charge in [-0.3, -0.25) is 4.55 Å². The van der Waals surface area contributed by atoms with Crippen LogP contribution in [0.25, 0.3) is 0 Å². The molecule has 0 aliphatic carbocycles. The fraction of sp³-hybridized carbons (Fsp3) is 0. The first-order chi connectivity index (χ1) is 2.56. The van der Waals surface area contributed by atoms with E-state index in [1.807, 2.05) is 0 Å². The van der Waals surface area contributed by atoms with Gasteiger partial charge in [-0.25, -0.2) is 0 Å². The Balaban J connectivity index is 0. The van der Waals surface area contributed by atoms with Crippen LogP contribution in [-0.2, 0) is 24.0 Å². The largest absolute Gasteiger partial charge is 0.284 e. The van der Waals surface area contributed by atoms with E-state index < -0.39 is 9.05 Å². The predicted octanol–water partition coefficient (Wildman–Crippen LogP) is -0.893. The highest BCUT2D eigenvalue weighted by atomic mass is 35.5. The zero-order chi connectivity index (χ0) is 5.21. The van der Waals surface area contributed by atoms with E-state index in [9.17, 15) is 4.21 Å². The summed E-state index contributed by atoms with van der Waals surface area (Å²) in [6.07, 6.45) is 0. The fourth-order valence-corrected chi connectivity index (χ4v) is 0. The van der Waals surface area contributed by atoms with Crippen molar-refractivity contribution in [2.24, 2.45) is 0 Å². The molecule has 0 aliphatic heterocycles. The van der Waals surface area contributed by atoms with Crippen LogP contribution in [0.2, 0.25) is 0 Å². The lowest BCUT2D eigenvalue weighted by Crippen LogP contribution is -1.90. The van der Waals surface area contributed by atoms with Crippen molar-refractivity contribution < 1.29 is 12.5 Å². The SMILES string of the molecule is O=S(O)(=S)OCl.[AlH3]. The van der Waals surface area contributed by atoms with Crippen molar-refractivity contribution in [3.8, 4) is 0 Å². The van der Waals surface area contributed by atoms with E-state index in [1.54, 1.807) is 0 Å². The summed E-state index contributed by atoms with van der Waals surface area (Å²) in [5.74, 6) is 0. The first kappa shape index (κ1) is 11.0. The third kappa shape index (κ3) is 11.0. The van der Waals surface area contributed by atoms with Gasteiger partial charge in [-0.05, 0) is 0 Å². The van der Waals surface area contributed by atoms with Crippen LogP contribution in [0.5, 0.6) is 0 Å². The molecule has 7 heavy (non-hydrogen) atoms. The molecule has 0 saturated carbocycles. The van der Waals surface area contributed by atoms with Gasteiger partial charge in [0.05, 0.1) is 11.9 Å². The van der Waals surface area contributed by atoms with Crippen molar-refractivity contribution in [3.05, 3.63) is 0 Å². The van der Waals surface area contributed by atoms with E-state index in [-0.39, 0.29) is 17.4 Å². The maximum absolute atomic E-state index is 9.57. The Morgan fingerprint density at radius 2 is 2.00 bits per heavy atom. The second-order valence-electron chi connectivity index (χ2n) is 0.491. The summed E-state index contributed by atoms with van der Waals surface area (Å²) in [6, 6.07) is 0. The predicted molar refractivity (Wildman–Crippen MR) is 35.0 cm³/mol. The molecule has 0 aromatic rings. The van der Waals surface area contributed by atoms with Gasteiger partial charge >= 0.3 is 0 Å². The van der Waals surface area contributed by atoms with Crippen LogP contribution in [0.15, 0.2) is 0 Å². The molecule has 0 spiro atoms. The molecule has 7 heteroatoms. The molecule has 1 atom stereocenters. The van der Waals surface area contributed by atoms with E-state index in [2.05, 4.69) is 26.8 Å². The Labute approximate surface area is 62.0 Å². The Morgan fingerprint density at radius 1 is 1.86 bits per heavy atom. The summed E-state index contributed by atoms with van der Waals surface area (Å²) >= 11 is 8.06. The van der Waals surface area contributed by atoms with Crippen LogP contribution in [0.4, 0.5) is 0 Å². The third-order valence-corrected chi connectivity index (χ3v) is 1.18. The molecular weight excluding hydrogens is 175 g/mol. The van der Waals surface area contributed by atoms with Crippen molar-refractivity contribution in [3.63, 3.8) is 0 Å². The second-order valence-corrected chi connectivity index (χ2v) is 3.11. The number of hydrogen-bond donors (Lipinski definition) is 1. The van der Waals surface area contributed by atoms with Gasteiger partial charge in [0.1, 0.15) is 0 Å². The van der Waals surface area contributed by atoms with Gasteiger partial charge in [0.15, 0.2) is 17.4 Å². The lowest BCUT2D eigenvalue weighted by Gasteiger charge is -1.82. The smallest absolute Gasteiger partial charge is 0.282 e. The van der Waals surface area contributed by atoms with Gasteiger partial charge in [0, 0.05) is 11.2 Å². The molecule has 1 unspecified atom stereocenters. The van der Waals surface area contributed by atoms with Crippen LogP contribution < -0.4 is 0 Å². The highest BCUT2D eigenvalue weighted by Gasteiger charge is 1.91. The van der Waals surface area contributed by atoms with Gasteiger partial charge in [0.25, 0.3) is 9.05 Å². The molecule has 0 amide bonds. The van der Waals surface area contributed by atoms with Gasteiger partial charge in [0.2, 0.25) is 0 Å². The van der Waals surface area contributed by atoms with Crippen molar-refractivity contribution in [2.45, 2.75) is 0 Å². The van der Waals surface area contributed by atoms with Crippen molar-refractivity contribution >= 4 is 49.5 Å². The molecule has 0 rings (SSSR count). The normalized spacial score (nSPS) is 16.9. The average Bonchev–Trinajstić information content (AvgIpc) is 1.35. The molecule has 0 bridgehead atoms. The molecule has 1 N–H and O–H groups in total. The number of halogens is 1. The Hall–Kier alpha value is 1.11. The van der Waals surface area contributed by atoms with E-state index >= 15 is 0 Å². The Morgan fingerprint density at radius 3 is 2.00 bits per heavy atom. The quantitative estimate of drug-likeness (QED) is 0.529. The molecule has 0 radical (unpaired) electrons. The Kier molecular flexibility index (Phi) is 6.34. The van der Waals surface area contributed by atoms with Crippen LogP contribution in [0, 0.1) is 0 Å². The highest BCUT2D eigenvalue weighted by molar-refractivity contribution is 8.27. The van der Waals surface area contributed by atoms with E-state index in [0.29, 0.717) is 0 Å². The summed E-state index contributed by atoms with van der Waals surface area (Å²) in [5, 5.41) is 0. The molecular formula is H4AlClO3S2. The lowest BCUT2D eigenvalue weighted by atomic mass is 15.8. The second kappa shape index (κ2) is 4.04. The van der Waals surface area contributed by atoms with Crippen LogP contribution in [0.3, 0.4) is 0 Å². The Bertz CT molecular complexity index is 115. The maximum atomic E-state index is 9.57. The lowest BCUT2D eigenvalue weighted by molar-refractivity contribution is 0.474. The van der Waals surface area contributed by atoms with Crippen molar-refractivity contribution in [1.29, 1.82) is 0 Å². The molecule has 0 aromatic carbocycles. The summed E-state index contributed by atoms with van der Waals surface area (Å²) in [6.45, 7) is 0. The molecule has 0 aliphatic rings. The third-order valence-electron chi connectivity index (χ3n) is 0.0796. The minimum atomic E-state index is -3.56. The molecule has 0 heterocycles. The minimum absolute atomic E-state index is 0. The van der Waals surface area contributed by atoms with Gasteiger partial charge in [-0.15, -0.1) is 0 Å². The van der Waals surface area contributed by atoms with E-state index in [4.69, 9.17) is 4.55 Å². The minimum Gasteiger partial charge on any atom is -0.284 e. The zero-order valence-electron chi connectivity index (χ0n) is 2.46. The van der Waals surface area contributed by atoms with Crippen LogP contribution in [-0.4, -0.2) is 26.1 Å². The van der Waals surface area contributed by atoms with E-state index in [1.165, 1.54) is 0 Å². The number of hydrogen-bond acceptors (Lipinski definition) is 3. The summed E-state index contributed by atoms with van der Waals surface area (Å²) in [7, 11) is -3.56. The average molecular weight is 179 g/mol. The zero-order valence-corrected chi connectivity index (χ0v) is 4.85. The molecule has 0 aromatic heterocycles. The summed E-state index contributed by atoms with van der Waals surface area (Å²) in [5.41, 5.74) is 0. The monoisotopic (exact) mass is 178 g/mol.